The van der Waals surface area contributed by atoms with Crippen molar-refractivity contribution in [2.24, 2.45) is 0 Å². The third-order valence-electron chi connectivity index (χ3n) is 3.02. The number of halogens is 2. The van der Waals surface area contributed by atoms with Gasteiger partial charge in [-0.3, -0.25) is 0 Å². The Morgan fingerprint density at radius 2 is 1.80 bits per heavy atom. The van der Waals surface area contributed by atoms with Crippen LogP contribution in [0.2, 0.25) is 0 Å². The minimum absolute atomic E-state index is 0.299. The van der Waals surface area contributed by atoms with Crippen molar-refractivity contribution in [2.45, 2.75) is 19.9 Å². The summed E-state index contributed by atoms with van der Waals surface area (Å²) in [6.07, 6.45) is 0. The summed E-state index contributed by atoms with van der Waals surface area (Å²) in [4.78, 5) is 0. The van der Waals surface area contributed by atoms with Crippen molar-refractivity contribution >= 4 is 15.9 Å². The monoisotopic (exact) mass is 337 g/mol. The molecule has 0 saturated heterocycles. The average molecular weight is 338 g/mol. The zero-order chi connectivity index (χ0) is 14.5. The van der Waals surface area contributed by atoms with Crippen molar-refractivity contribution in [1.82, 2.24) is 5.32 Å². The van der Waals surface area contributed by atoms with E-state index in [9.17, 15) is 4.39 Å². The topological polar surface area (TPSA) is 21.3 Å². The first-order chi connectivity index (χ1) is 9.60. The largest absolute Gasteiger partial charge is 0.457 e. The summed E-state index contributed by atoms with van der Waals surface area (Å²) in [5, 5.41) is 3.36. The third-order valence-corrected chi connectivity index (χ3v) is 3.62. The minimum Gasteiger partial charge on any atom is -0.457 e. The standard InChI is InChI=1S/C16H17BrFNO/c1-3-19-11(2)12-4-6-13(7-5-12)20-14-8-9-16(18)15(17)10-14/h4-11,19H,3H2,1-2H3. The van der Waals surface area contributed by atoms with Crippen LogP contribution < -0.4 is 10.1 Å². The molecule has 1 atom stereocenters. The molecule has 1 unspecified atom stereocenters. The number of ether oxygens (including phenoxy) is 1. The molecule has 2 aromatic carbocycles. The zero-order valence-electron chi connectivity index (χ0n) is 11.5. The van der Waals surface area contributed by atoms with Gasteiger partial charge in [0.1, 0.15) is 17.3 Å². The molecule has 2 aromatic rings. The molecular weight excluding hydrogens is 321 g/mol. The van der Waals surface area contributed by atoms with Gasteiger partial charge in [-0.25, -0.2) is 4.39 Å². The molecule has 2 nitrogen and oxygen atoms in total. The van der Waals surface area contributed by atoms with E-state index in [1.54, 1.807) is 12.1 Å². The predicted octanol–water partition coefficient (Wildman–Crippen LogP) is 5.05. The van der Waals surface area contributed by atoms with Gasteiger partial charge in [-0.15, -0.1) is 0 Å². The summed E-state index contributed by atoms with van der Waals surface area (Å²) in [5.41, 5.74) is 1.21. The van der Waals surface area contributed by atoms with Gasteiger partial charge in [0.05, 0.1) is 4.47 Å². The Morgan fingerprint density at radius 3 is 2.40 bits per heavy atom. The molecule has 0 aromatic heterocycles. The smallest absolute Gasteiger partial charge is 0.137 e. The van der Waals surface area contributed by atoms with Gasteiger partial charge in [-0.05, 0) is 65.3 Å². The highest BCUT2D eigenvalue weighted by Crippen LogP contribution is 2.27. The van der Waals surface area contributed by atoms with Gasteiger partial charge >= 0.3 is 0 Å². The summed E-state index contributed by atoms with van der Waals surface area (Å²) < 4.78 is 19.2. The molecule has 106 valence electrons. The lowest BCUT2D eigenvalue weighted by atomic mass is 10.1. The highest BCUT2D eigenvalue weighted by atomic mass is 79.9. The second-order valence-corrected chi connectivity index (χ2v) is 5.38. The van der Waals surface area contributed by atoms with Gasteiger partial charge in [0.15, 0.2) is 0 Å². The molecule has 0 radical (unpaired) electrons. The second-order valence-electron chi connectivity index (χ2n) is 4.53. The minimum atomic E-state index is -0.299. The molecule has 0 saturated carbocycles. The lowest BCUT2D eigenvalue weighted by molar-refractivity contribution is 0.479. The summed E-state index contributed by atoms with van der Waals surface area (Å²) in [5.74, 6) is 1.04. The maximum absolute atomic E-state index is 13.1. The van der Waals surface area contributed by atoms with Crippen molar-refractivity contribution in [3.63, 3.8) is 0 Å². The molecular formula is C16H17BrFNO. The number of rotatable bonds is 5. The molecule has 20 heavy (non-hydrogen) atoms. The van der Waals surface area contributed by atoms with Crippen molar-refractivity contribution in [2.75, 3.05) is 6.54 Å². The third kappa shape index (κ3) is 3.81. The first-order valence-electron chi connectivity index (χ1n) is 6.56. The predicted molar refractivity (Wildman–Crippen MR) is 82.7 cm³/mol. The Bertz CT molecular complexity index is 571. The first kappa shape index (κ1) is 15.0. The fourth-order valence-electron chi connectivity index (χ4n) is 1.93. The van der Waals surface area contributed by atoms with Gasteiger partial charge < -0.3 is 10.1 Å². The van der Waals surface area contributed by atoms with E-state index in [2.05, 4.69) is 35.1 Å². The number of nitrogens with one attached hydrogen (secondary N) is 1. The molecule has 0 bridgehead atoms. The van der Waals surface area contributed by atoms with Gasteiger partial charge in [0.25, 0.3) is 0 Å². The lowest BCUT2D eigenvalue weighted by Gasteiger charge is -2.13. The van der Waals surface area contributed by atoms with Crippen molar-refractivity contribution in [3.05, 3.63) is 58.3 Å². The molecule has 0 aliphatic carbocycles. The fraction of sp³-hybridized carbons (Fsp3) is 0.250. The van der Waals surface area contributed by atoms with Crippen LogP contribution in [0.5, 0.6) is 11.5 Å². The van der Waals surface area contributed by atoms with Crippen LogP contribution in [0.25, 0.3) is 0 Å². The summed E-state index contributed by atoms with van der Waals surface area (Å²) in [7, 11) is 0. The molecule has 2 rings (SSSR count). The van der Waals surface area contributed by atoms with E-state index < -0.39 is 0 Å². The summed E-state index contributed by atoms with van der Waals surface area (Å²) in [6, 6.07) is 12.8. The van der Waals surface area contributed by atoms with Crippen LogP contribution in [-0.2, 0) is 0 Å². The van der Waals surface area contributed by atoms with Gasteiger partial charge in [-0.2, -0.15) is 0 Å². The van der Waals surface area contributed by atoms with E-state index in [1.807, 2.05) is 24.3 Å². The summed E-state index contributed by atoms with van der Waals surface area (Å²) in [6.45, 7) is 5.14. The highest BCUT2D eigenvalue weighted by Gasteiger charge is 2.05. The van der Waals surface area contributed by atoms with E-state index >= 15 is 0 Å². The van der Waals surface area contributed by atoms with E-state index in [0.29, 0.717) is 16.3 Å². The Hall–Kier alpha value is -1.39. The maximum atomic E-state index is 13.1. The second kappa shape index (κ2) is 6.86. The van der Waals surface area contributed by atoms with Crippen molar-refractivity contribution in [3.8, 4) is 11.5 Å². The SMILES string of the molecule is CCNC(C)c1ccc(Oc2ccc(F)c(Br)c2)cc1. The Balaban J connectivity index is 2.08. The van der Waals surface area contributed by atoms with Gasteiger partial charge in [-0.1, -0.05) is 19.1 Å². The van der Waals surface area contributed by atoms with Crippen LogP contribution in [-0.4, -0.2) is 6.54 Å². The lowest BCUT2D eigenvalue weighted by Crippen LogP contribution is -2.17. The van der Waals surface area contributed by atoms with E-state index in [1.165, 1.54) is 11.6 Å². The molecule has 4 heteroatoms. The first-order valence-corrected chi connectivity index (χ1v) is 7.35. The highest BCUT2D eigenvalue weighted by molar-refractivity contribution is 9.10. The normalized spacial score (nSPS) is 12.2. The Morgan fingerprint density at radius 1 is 1.15 bits per heavy atom. The van der Waals surface area contributed by atoms with Crippen LogP contribution in [0.15, 0.2) is 46.9 Å². The molecule has 1 N–H and O–H groups in total. The average Bonchev–Trinajstić information content (AvgIpc) is 2.44. The van der Waals surface area contributed by atoms with E-state index in [-0.39, 0.29) is 5.82 Å². The Kier molecular flexibility index (Phi) is 5.15. The number of hydrogen-bond donors (Lipinski definition) is 1. The van der Waals surface area contributed by atoms with Crippen LogP contribution in [0.1, 0.15) is 25.5 Å². The molecule has 0 amide bonds. The van der Waals surface area contributed by atoms with E-state index in [4.69, 9.17) is 4.74 Å². The van der Waals surface area contributed by atoms with Gasteiger partial charge in [0, 0.05) is 6.04 Å². The quantitative estimate of drug-likeness (QED) is 0.824. The van der Waals surface area contributed by atoms with Crippen LogP contribution in [0, 0.1) is 5.82 Å². The molecule has 0 heterocycles. The van der Waals surface area contributed by atoms with E-state index in [0.717, 1.165) is 12.3 Å². The van der Waals surface area contributed by atoms with Crippen molar-refractivity contribution in [1.29, 1.82) is 0 Å². The molecule has 0 aliphatic heterocycles. The van der Waals surface area contributed by atoms with Crippen molar-refractivity contribution < 1.29 is 9.13 Å². The van der Waals surface area contributed by atoms with Crippen LogP contribution >= 0.6 is 15.9 Å². The Labute approximate surface area is 127 Å². The maximum Gasteiger partial charge on any atom is 0.137 e. The zero-order valence-corrected chi connectivity index (χ0v) is 13.1. The molecule has 0 aliphatic rings. The molecule has 0 fully saturated rings. The van der Waals surface area contributed by atoms with Crippen LogP contribution in [0.4, 0.5) is 4.39 Å². The van der Waals surface area contributed by atoms with Crippen LogP contribution in [0.3, 0.4) is 0 Å². The van der Waals surface area contributed by atoms with Gasteiger partial charge in [0.2, 0.25) is 0 Å². The number of hydrogen-bond acceptors (Lipinski definition) is 2. The summed E-state index contributed by atoms with van der Waals surface area (Å²) >= 11 is 3.14. The molecule has 0 spiro atoms. The number of benzene rings is 2. The fourth-order valence-corrected chi connectivity index (χ4v) is 2.28.